The number of halogens is 1. The van der Waals surface area contributed by atoms with Crippen LogP contribution in [-0.4, -0.2) is 21.9 Å². The summed E-state index contributed by atoms with van der Waals surface area (Å²) in [6.07, 6.45) is 1.58. The van der Waals surface area contributed by atoms with Gasteiger partial charge in [-0.05, 0) is 61.6 Å². The van der Waals surface area contributed by atoms with Gasteiger partial charge in [-0.15, -0.1) is 22.7 Å². The third kappa shape index (κ3) is 3.64. The van der Waals surface area contributed by atoms with E-state index >= 15 is 0 Å². The van der Waals surface area contributed by atoms with Gasteiger partial charge in [-0.1, -0.05) is 11.6 Å². The van der Waals surface area contributed by atoms with Gasteiger partial charge in [0.05, 0.1) is 21.3 Å². The summed E-state index contributed by atoms with van der Waals surface area (Å²) in [5, 5.41) is 6.13. The largest absolute Gasteiger partial charge is 0.298 e. The number of rotatable bonds is 3. The number of aromatic nitrogens is 1. The van der Waals surface area contributed by atoms with Crippen LogP contribution in [0.5, 0.6) is 0 Å². The number of anilines is 1. The maximum absolute atomic E-state index is 13.0. The molecule has 1 saturated heterocycles. The Morgan fingerprint density at radius 3 is 2.61 bits per heavy atom. The van der Waals surface area contributed by atoms with Gasteiger partial charge in [0.15, 0.2) is 5.11 Å². The zero-order valence-electron chi connectivity index (χ0n) is 14.4. The number of nitrogens with zero attached hydrogens (tertiary/aromatic N) is 2. The van der Waals surface area contributed by atoms with Crippen molar-refractivity contribution < 1.29 is 9.59 Å². The first kappa shape index (κ1) is 18.9. The molecule has 1 fully saturated rings. The van der Waals surface area contributed by atoms with E-state index in [1.165, 1.54) is 16.2 Å². The molecule has 28 heavy (non-hydrogen) atoms. The second-order valence-corrected chi connectivity index (χ2v) is 8.89. The molecular formula is C19H12ClN3O2S3. The van der Waals surface area contributed by atoms with Crippen LogP contribution in [0.1, 0.15) is 9.88 Å². The third-order valence-corrected chi connectivity index (χ3v) is 6.34. The Kier molecular flexibility index (Phi) is 5.11. The first-order valence-corrected chi connectivity index (χ1v) is 10.6. The van der Waals surface area contributed by atoms with Gasteiger partial charge in [0.25, 0.3) is 11.8 Å². The summed E-state index contributed by atoms with van der Waals surface area (Å²) >= 11 is 14.1. The van der Waals surface area contributed by atoms with Crippen molar-refractivity contribution in [3.63, 3.8) is 0 Å². The highest BCUT2D eigenvalue weighted by Crippen LogP contribution is 2.31. The molecule has 0 spiro atoms. The van der Waals surface area contributed by atoms with Crippen molar-refractivity contribution in [2.45, 2.75) is 6.92 Å². The maximum Gasteiger partial charge on any atom is 0.270 e. The fourth-order valence-electron chi connectivity index (χ4n) is 2.67. The summed E-state index contributed by atoms with van der Waals surface area (Å²) in [6.45, 7) is 1.95. The number of thiazole rings is 1. The summed E-state index contributed by atoms with van der Waals surface area (Å²) in [7, 11) is 0. The molecule has 5 nitrogen and oxygen atoms in total. The highest BCUT2D eigenvalue weighted by atomic mass is 35.5. The molecule has 140 valence electrons. The van der Waals surface area contributed by atoms with Gasteiger partial charge in [-0.3, -0.25) is 19.8 Å². The summed E-state index contributed by atoms with van der Waals surface area (Å²) < 4.78 is 0. The molecule has 3 heterocycles. The molecule has 0 bridgehead atoms. The molecular weight excluding hydrogens is 434 g/mol. The Morgan fingerprint density at radius 1 is 1.18 bits per heavy atom. The highest BCUT2D eigenvalue weighted by molar-refractivity contribution is 7.80. The Bertz CT molecular complexity index is 1130. The van der Waals surface area contributed by atoms with Crippen molar-refractivity contribution in [2.24, 2.45) is 0 Å². The Balaban J connectivity index is 1.67. The summed E-state index contributed by atoms with van der Waals surface area (Å²) in [5.74, 6) is -0.991. The summed E-state index contributed by atoms with van der Waals surface area (Å²) in [5.41, 5.74) is 1.45. The zero-order valence-corrected chi connectivity index (χ0v) is 17.6. The fraction of sp³-hybridized carbons (Fsp3) is 0.0526. The molecule has 1 N–H and O–H groups in total. The predicted octanol–water partition coefficient (Wildman–Crippen LogP) is 4.66. The van der Waals surface area contributed by atoms with E-state index < -0.39 is 11.8 Å². The van der Waals surface area contributed by atoms with E-state index in [9.17, 15) is 9.59 Å². The Morgan fingerprint density at radius 2 is 1.93 bits per heavy atom. The van der Waals surface area contributed by atoms with Crippen LogP contribution in [0.15, 0.2) is 47.4 Å². The van der Waals surface area contributed by atoms with Gasteiger partial charge in [0, 0.05) is 15.3 Å². The van der Waals surface area contributed by atoms with E-state index in [0.717, 1.165) is 20.5 Å². The topological polar surface area (TPSA) is 62.3 Å². The van der Waals surface area contributed by atoms with Crippen molar-refractivity contribution in [2.75, 3.05) is 4.90 Å². The Labute approximate surface area is 179 Å². The minimum Gasteiger partial charge on any atom is -0.298 e. The van der Waals surface area contributed by atoms with Crippen LogP contribution < -0.4 is 10.2 Å². The van der Waals surface area contributed by atoms with Crippen LogP contribution in [0.2, 0.25) is 5.02 Å². The number of hydrogen-bond donors (Lipinski definition) is 1. The molecule has 0 saturated carbocycles. The van der Waals surface area contributed by atoms with Crippen LogP contribution in [0.25, 0.3) is 16.6 Å². The predicted molar refractivity (Wildman–Crippen MR) is 118 cm³/mol. The average Bonchev–Trinajstić information content (AvgIpc) is 3.29. The number of thiocarbonyl (C=S) groups is 1. The molecule has 1 aromatic carbocycles. The van der Waals surface area contributed by atoms with Crippen molar-refractivity contribution in [1.29, 1.82) is 0 Å². The van der Waals surface area contributed by atoms with Gasteiger partial charge in [-0.25, -0.2) is 4.98 Å². The number of amides is 2. The lowest BCUT2D eigenvalue weighted by molar-refractivity contribution is -0.122. The second kappa shape index (κ2) is 7.56. The first-order chi connectivity index (χ1) is 13.4. The van der Waals surface area contributed by atoms with E-state index in [2.05, 4.69) is 10.3 Å². The van der Waals surface area contributed by atoms with E-state index in [1.807, 2.05) is 24.4 Å². The standard InChI is InChI=1S/C19H12ClN3O2S3/c1-10-21-15(9-27-10)16-7-6-13(28-16)8-14-17(24)22-19(26)23(18(14)25)12-4-2-11(20)3-5-12/h2-9H,1H3,(H,22,24,26). The third-order valence-electron chi connectivity index (χ3n) is 3.97. The smallest absolute Gasteiger partial charge is 0.270 e. The van der Waals surface area contributed by atoms with E-state index in [-0.39, 0.29) is 10.7 Å². The molecule has 3 aromatic rings. The summed E-state index contributed by atoms with van der Waals surface area (Å²) in [6, 6.07) is 10.5. The molecule has 1 aliphatic rings. The number of nitrogens with one attached hydrogen (secondary N) is 1. The summed E-state index contributed by atoms with van der Waals surface area (Å²) in [4.78, 5) is 32.9. The molecule has 4 rings (SSSR count). The highest BCUT2D eigenvalue weighted by Gasteiger charge is 2.34. The number of carbonyl (C=O) groups is 2. The second-order valence-electron chi connectivity index (χ2n) is 5.89. The minimum absolute atomic E-state index is 0.0198. The van der Waals surface area contributed by atoms with Gasteiger partial charge in [0.2, 0.25) is 0 Å². The van der Waals surface area contributed by atoms with Crippen LogP contribution in [-0.2, 0) is 9.59 Å². The van der Waals surface area contributed by atoms with Crippen molar-refractivity contribution in [3.05, 3.63) is 62.3 Å². The molecule has 0 unspecified atom stereocenters. The molecule has 2 aromatic heterocycles. The quantitative estimate of drug-likeness (QED) is 0.361. The van der Waals surface area contributed by atoms with Gasteiger partial charge in [0.1, 0.15) is 5.57 Å². The molecule has 0 aliphatic carbocycles. The van der Waals surface area contributed by atoms with E-state index in [1.54, 1.807) is 41.7 Å². The van der Waals surface area contributed by atoms with Gasteiger partial charge >= 0.3 is 0 Å². The van der Waals surface area contributed by atoms with Crippen LogP contribution in [0, 0.1) is 6.92 Å². The van der Waals surface area contributed by atoms with Crippen LogP contribution in [0.4, 0.5) is 5.69 Å². The molecule has 1 aliphatic heterocycles. The zero-order chi connectivity index (χ0) is 19.8. The van der Waals surface area contributed by atoms with Gasteiger partial charge in [-0.2, -0.15) is 0 Å². The van der Waals surface area contributed by atoms with Crippen molar-refractivity contribution in [1.82, 2.24) is 10.3 Å². The first-order valence-electron chi connectivity index (χ1n) is 8.12. The lowest BCUT2D eigenvalue weighted by atomic mass is 10.1. The number of carbonyl (C=O) groups excluding carboxylic acids is 2. The van der Waals surface area contributed by atoms with Crippen LogP contribution >= 0.6 is 46.5 Å². The lowest BCUT2D eigenvalue weighted by Crippen LogP contribution is -2.54. The molecule has 0 radical (unpaired) electrons. The molecule has 0 atom stereocenters. The van der Waals surface area contributed by atoms with Crippen molar-refractivity contribution >= 4 is 75.2 Å². The lowest BCUT2D eigenvalue weighted by Gasteiger charge is -2.28. The van der Waals surface area contributed by atoms with E-state index in [4.69, 9.17) is 23.8 Å². The monoisotopic (exact) mass is 445 g/mol. The number of benzene rings is 1. The average molecular weight is 446 g/mol. The number of thiophene rings is 1. The normalized spacial score (nSPS) is 16.0. The minimum atomic E-state index is -0.514. The van der Waals surface area contributed by atoms with Crippen LogP contribution in [0.3, 0.4) is 0 Å². The maximum atomic E-state index is 13.0. The fourth-order valence-corrected chi connectivity index (χ4v) is 4.68. The number of aryl methyl sites for hydroxylation is 1. The van der Waals surface area contributed by atoms with Gasteiger partial charge < -0.3 is 0 Å². The Hall–Kier alpha value is -2.39. The van der Waals surface area contributed by atoms with E-state index in [0.29, 0.717) is 10.7 Å². The van der Waals surface area contributed by atoms with Crippen molar-refractivity contribution in [3.8, 4) is 10.6 Å². The molecule has 2 amide bonds. The number of hydrogen-bond acceptors (Lipinski definition) is 6. The molecule has 9 heteroatoms. The SMILES string of the molecule is Cc1nc(-c2ccc(C=C3C(=O)NC(=S)N(c4ccc(Cl)cc4)C3=O)s2)cs1.